The zero-order valence-electron chi connectivity index (χ0n) is 16.5. The Labute approximate surface area is 185 Å². The molecule has 0 spiro atoms. The fourth-order valence-electron chi connectivity index (χ4n) is 3.16. The zero-order chi connectivity index (χ0) is 22.7. The highest BCUT2D eigenvalue weighted by atomic mass is 32.2. The molecule has 0 radical (unpaired) electrons. The van der Waals surface area contributed by atoms with E-state index in [0.717, 1.165) is 4.90 Å². The SMILES string of the molecule is O=C1CN(Cc2ccnc(Oc3ccccc3)c2)C(=O)N1c1ccc(SC(F)(F)F)cc1. The molecular weight excluding hydrogens is 443 g/mol. The van der Waals surface area contributed by atoms with Crippen LogP contribution in [0.3, 0.4) is 0 Å². The molecule has 2 heterocycles. The van der Waals surface area contributed by atoms with Crippen LogP contribution in [0.1, 0.15) is 5.56 Å². The van der Waals surface area contributed by atoms with Crippen LogP contribution in [0.4, 0.5) is 23.7 Å². The number of anilines is 1. The first-order chi connectivity index (χ1) is 15.3. The third-order valence-corrected chi connectivity index (χ3v) is 5.24. The van der Waals surface area contributed by atoms with Crippen LogP contribution >= 0.6 is 11.8 Å². The highest BCUT2D eigenvalue weighted by Crippen LogP contribution is 2.37. The molecule has 0 saturated carbocycles. The number of benzene rings is 2. The van der Waals surface area contributed by atoms with E-state index in [9.17, 15) is 22.8 Å². The molecule has 6 nitrogen and oxygen atoms in total. The Morgan fingerprint density at radius 1 is 1.00 bits per heavy atom. The molecule has 1 fully saturated rings. The van der Waals surface area contributed by atoms with Gasteiger partial charge in [0.05, 0.1) is 5.69 Å². The topological polar surface area (TPSA) is 62.7 Å². The lowest BCUT2D eigenvalue weighted by atomic mass is 10.2. The van der Waals surface area contributed by atoms with Crippen molar-refractivity contribution in [2.24, 2.45) is 0 Å². The highest BCUT2D eigenvalue weighted by molar-refractivity contribution is 8.00. The maximum Gasteiger partial charge on any atom is 0.446 e. The highest BCUT2D eigenvalue weighted by Gasteiger charge is 2.37. The van der Waals surface area contributed by atoms with Crippen LogP contribution in [-0.4, -0.2) is 33.9 Å². The van der Waals surface area contributed by atoms with Gasteiger partial charge < -0.3 is 9.64 Å². The third-order valence-electron chi connectivity index (χ3n) is 4.50. The molecule has 0 aliphatic carbocycles. The van der Waals surface area contributed by atoms with E-state index in [1.807, 2.05) is 18.2 Å². The second-order valence-electron chi connectivity index (χ2n) is 6.83. The number of hydrogen-bond acceptors (Lipinski definition) is 5. The largest absolute Gasteiger partial charge is 0.446 e. The van der Waals surface area contributed by atoms with Gasteiger partial charge >= 0.3 is 11.5 Å². The second kappa shape index (κ2) is 8.91. The average Bonchev–Trinajstić information content (AvgIpc) is 3.01. The molecule has 32 heavy (non-hydrogen) atoms. The van der Waals surface area contributed by atoms with E-state index in [2.05, 4.69) is 4.98 Å². The first kappa shape index (κ1) is 21.7. The van der Waals surface area contributed by atoms with Gasteiger partial charge in [0.15, 0.2) is 0 Å². The minimum Gasteiger partial charge on any atom is -0.439 e. The first-order valence-corrected chi connectivity index (χ1v) is 10.3. The number of imide groups is 1. The van der Waals surface area contributed by atoms with E-state index in [-0.39, 0.29) is 35.4 Å². The van der Waals surface area contributed by atoms with Crippen LogP contribution in [0.5, 0.6) is 11.6 Å². The average molecular weight is 459 g/mol. The molecule has 1 aromatic heterocycles. The number of para-hydroxylation sites is 1. The van der Waals surface area contributed by atoms with Crippen LogP contribution in [0.15, 0.2) is 77.8 Å². The number of carbonyl (C=O) groups excluding carboxylic acids is 2. The van der Waals surface area contributed by atoms with Gasteiger partial charge in [0.2, 0.25) is 5.88 Å². The number of alkyl halides is 3. The minimum absolute atomic E-state index is 0.0278. The third kappa shape index (κ3) is 5.20. The van der Waals surface area contributed by atoms with Gasteiger partial charge in [0.25, 0.3) is 5.91 Å². The monoisotopic (exact) mass is 459 g/mol. The van der Waals surface area contributed by atoms with Crippen LogP contribution in [0.25, 0.3) is 0 Å². The summed E-state index contributed by atoms with van der Waals surface area (Å²) < 4.78 is 43.2. The van der Waals surface area contributed by atoms with Crippen molar-refractivity contribution in [2.45, 2.75) is 16.9 Å². The molecular formula is C22H16F3N3O3S. The van der Waals surface area contributed by atoms with Crippen LogP contribution < -0.4 is 9.64 Å². The Kier molecular flexibility index (Phi) is 6.04. The van der Waals surface area contributed by atoms with Gasteiger partial charge in [-0.05, 0) is 59.8 Å². The minimum atomic E-state index is -4.41. The Morgan fingerprint density at radius 2 is 1.72 bits per heavy atom. The van der Waals surface area contributed by atoms with Crippen molar-refractivity contribution in [3.8, 4) is 11.6 Å². The summed E-state index contributed by atoms with van der Waals surface area (Å²) in [7, 11) is 0. The van der Waals surface area contributed by atoms with Gasteiger partial charge in [-0.2, -0.15) is 13.2 Å². The summed E-state index contributed by atoms with van der Waals surface area (Å²) in [5.41, 5.74) is -3.48. The molecule has 1 saturated heterocycles. The van der Waals surface area contributed by atoms with Crippen molar-refractivity contribution in [2.75, 3.05) is 11.4 Å². The second-order valence-corrected chi connectivity index (χ2v) is 7.97. The Hall–Kier alpha value is -3.53. The van der Waals surface area contributed by atoms with Gasteiger partial charge in [-0.15, -0.1) is 0 Å². The van der Waals surface area contributed by atoms with E-state index < -0.39 is 17.4 Å². The fraction of sp³-hybridized carbons (Fsp3) is 0.136. The summed E-state index contributed by atoms with van der Waals surface area (Å²) in [5, 5.41) is 0. The molecule has 4 rings (SSSR count). The fourth-order valence-corrected chi connectivity index (χ4v) is 3.70. The number of rotatable bonds is 6. The summed E-state index contributed by atoms with van der Waals surface area (Å²) in [5.74, 6) is 0.505. The molecule has 164 valence electrons. The maximum atomic E-state index is 12.8. The smallest absolute Gasteiger partial charge is 0.439 e. The predicted molar refractivity (Wildman–Crippen MR) is 112 cm³/mol. The number of hydrogen-bond donors (Lipinski definition) is 0. The van der Waals surface area contributed by atoms with Gasteiger partial charge in [-0.3, -0.25) is 4.79 Å². The van der Waals surface area contributed by atoms with Crippen molar-refractivity contribution in [3.63, 3.8) is 0 Å². The number of urea groups is 1. The number of ether oxygens (including phenoxy) is 1. The van der Waals surface area contributed by atoms with Crippen molar-refractivity contribution in [1.82, 2.24) is 9.88 Å². The van der Waals surface area contributed by atoms with Crippen LogP contribution in [0.2, 0.25) is 0 Å². The van der Waals surface area contributed by atoms with Crippen LogP contribution in [0, 0.1) is 0 Å². The zero-order valence-corrected chi connectivity index (χ0v) is 17.3. The summed E-state index contributed by atoms with van der Waals surface area (Å²) in [6.07, 6.45) is 1.55. The number of halogens is 3. The van der Waals surface area contributed by atoms with E-state index in [1.54, 1.807) is 30.5 Å². The quantitative estimate of drug-likeness (QED) is 0.362. The molecule has 0 atom stereocenters. The number of amides is 3. The summed E-state index contributed by atoms with van der Waals surface area (Å²) >= 11 is -0.259. The number of aromatic nitrogens is 1. The van der Waals surface area contributed by atoms with Gasteiger partial charge in [-0.1, -0.05) is 18.2 Å². The molecule has 3 amide bonds. The normalized spacial score (nSPS) is 14.2. The lowest BCUT2D eigenvalue weighted by Crippen LogP contribution is -2.32. The standard InChI is InChI=1S/C22H16F3N3O3S/c23-22(24,25)32-18-8-6-16(7-9-18)28-20(29)14-27(21(28)30)13-15-10-11-26-19(12-15)31-17-4-2-1-3-5-17/h1-12H,13-14H2. The van der Waals surface area contributed by atoms with E-state index in [4.69, 9.17) is 4.74 Å². The molecule has 2 aromatic carbocycles. The lowest BCUT2D eigenvalue weighted by Gasteiger charge is -2.18. The van der Waals surface area contributed by atoms with E-state index in [0.29, 0.717) is 17.2 Å². The molecule has 1 aliphatic rings. The van der Waals surface area contributed by atoms with E-state index >= 15 is 0 Å². The van der Waals surface area contributed by atoms with Gasteiger partial charge in [-0.25, -0.2) is 14.7 Å². The van der Waals surface area contributed by atoms with Gasteiger partial charge in [0, 0.05) is 23.7 Å². The molecule has 3 aromatic rings. The Balaban J connectivity index is 1.45. The predicted octanol–water partition coefficient (Wildman–Crippen LogP) is 5.45. The lowest BCUT2D eigenvalue weighted by molar-refractivity contribution is -0.116. The Morgan fingerprint density at radius 3 is 2.41 bits per heavy atom. The number of pyridine rings is 1. The van der Waals surface area contributed by atoms with Crippen molar-refractivity contribution >= 4 is 29.4 Å². The van der Waals surface area contributed by atoms with Crippen molar-refractivity contribution < 1.29 is 27.5 Å². The van der Waals surface area contributed by atoms with Crippen molar-refractivity contribution in [1.29, 1.82) is 0 Å². The summed E-state index contributed by atoms with van der Waals surface area (Å²) in [4.78, 5) is 31.7. The molecule has 0 N–H and O–H groups in total. The number of nitrogens with zero attached hydrogens (tertiary/aromatic N) is 3. The number of carbonyl (C=O) groups is 2. The first-order valence-electron chi connectivity index (χ1n) is 9.44. The number of thioether (sulfide) groups is 1. The molecule has 0 bridgehead atoms. The summed E-state index contributed by atoms with van der Waals surface area (Å²) in [6.45, 7) is 0.00579. The molecule has 0 unspecified atom stereocenters. The maximum absolute atomic E-state index is 12.8. The summed E-state index contributed by atoms with van der Waals surface area (Å²) in [6, 6.07) is 17.0. The van der Waals surface area contributed by atoms with Crippen LogP contribution in [-0.2, 0) is 11.3 Å². The van der Waals surface area contributed by atoms with Crippen molar-refractivity contribution in [3.05, 3.63) is 78.5 Å². The Bertz CT molecular complexity index is 1120. The van der Waals surface area contributed by atoms with E-state index in [1.165, 1.54) is 29.2 Å². The molecule has 1 aliphatic heterocycles. The molecule has 10 heteroatoms. The van der Waals surface area contributed by atoms with Gasteiger partial charge in [0.1, 0.15) is 12.3 Å².